The van der Waals surface area contributed by atoms with Gasteiger partial charge in [-0.3, -0.25) is 9.59 Å². The number of amides is 2. The maximum absolute atomic E-state index is 13.2. The van der Waals surface area contributed by atoms with Crippen LogP contribution in [0.2, 0.25) is 0 Å². The molecule has 0 radical (unpaired) electrons. The second kappa shape index (κ2) is 20.0. The molecule has 0 fully saturated rings. The summed E-state index contributed by atoms with van der Waals surface area (Å²) in [6.07, 6.45) is 8.89. The second-order valence-electron chi connectivity index (χ2n) is 11.8. The molecular formula is C35H47I2N3O2Zr. The van der Waals surface area contributed by atoms with Gasteiger partial charge in [0, 0.05) is 42.0 Å². The number of hydrogen-bond donors (Lipinski definition) is 3. The van der Waals surface area contributed by atoms with Gasteiger partial charge in [-0.05, 0) is 64.2 Å². The number of halogens is 2. The quantitative estimate of drug-likeness (QED) is 0.319. The molecule has 2 aromatic rings. The van der Waals surface area contributed by atoms with E-state index in [4.69, 9.17) is 0 Å². The summed E-state index contributed by atoms with van der Waals surface area (Å²) < 4.78 is 0. The summed E-state index contributed by atoms with van der Waals surface area (Å²) in [4.78, 5) is 26.5. The third-order valence-corrected chi connectivity index (χ3v) is 7.34. The average Bonchev–Trinajstić information content (AvgIpc) is 2.92. The van der Waals surface area contributed by atoms with Gasteiger partial charge in [-0.2, -0.15) is 0 Å². The summed E-state index contributed by atoms with van der Waals surface area (Å²) in [6, 6.07) is 12.3. The maximum Gasteiger partial charge on any atom is 2.00 e. The average molecular weight is 887 g/mol. The summed E-state index contributed by atoms with van der Waals surface area (Å²) in [7, 11) is 0. The third-order valence-electron chi connectivity index (χ3n) is 7.34. The topological polar surface area (TPSA) is 70.2 Å². The smallest absolute Gasteiger partial charge is 1.00 e. The zero-order valence-electron chi connectivity index (χ0n) is 26.8. The van der Waals surface area contributed by atoms with Crippen LogP contribution in [0.4, 0.5) is 0 Å². The fourth-order valence-electron chi connectivity index (χ4n) is 5.17. The Morgan fingerprint density at radius 3 is 1.44 bits per heavy atom. The van der Waals surface area contributed by atoms with Gasteiger partial charge in [0.2, 0.25) is 0 Å². The van der Waals surface area contributed by atoms with Gasteiger partial charge in [0.15, 0.2) is 0 Å². The molecule has 2 amide bonds. The molecule has 1 aliphatic heterocycles. The number of benzene rings is 2. The Morgan fingerprint density at radius 1 is 0.698 bits per heavy atom. The molecule has 1 heterocycles. The zero-order chi connectivity index (χ0) is 29.4. The maximum atomic E-state index is 13.2. The molecule has 0 unspecified atom stereocenters. The van der Waals surface area contributed by atoms with Crippen LogP contribution in [0.5, 0.6) is 0 Å². The van der Waals surface area contributed by atoms with E-state index in [0.717, 1.165) is 51.2 Å². The van der Waals surface area contributed by atoms with Gasteiger partial charge in [-0.1, -0.05) is 97.9 Å². The minimum Gasteiger partial charge on any atom is -1.00 e. The van der Waals surface area contributed by atoms with E-state index in [-0.39, 0.29) is 110 Å². The van der Waals surface area contributed by atoms with Crippen molar-refractivity contribution in [2.45, 2.75) is 85.5 Å². The molecule has 0 atom stereocenters. The van der Waals surface area contributed by atoms with Crippen molar-refractivity contribution in [2.75, 3.05) is 13.1 Å². The molecule has 0 saturated carbocycles. The van der Waals surface area contributed by atoms with E-state index in [0.29, 0.717) is 13.1 Å². The first kappa shape index (κ1) is 41.7. The molecule has 2 aromatic carbocycles. The Bertz CT molecular complexity index is 1260. The van der Waals surface area contributed by atoms with Gasteiger partial charge >= 0.3 is 26.2 Å². The Hall–Kier alpha value is -1.26. The normalized spacial score (nSPS) is 14.3. The minimum absolute atomic E-state index is 0. The molecule has 0 aliphatic carbocycles. The summed E-state index contributed by atoms with van der Waals surface area (Å²) >= 11 is 0. The van der Waals surface area contributed by atoms with Gasteiger partial charge in [0.25, 0.3) is 11.8 Å². The number of rotatable bonds is 10. The molecular weight excluding hydrogens is 839 g/mol. The van der Waals surface area contributed by atoms with E-state index in [1.165, 1.54) is 0 Å². The van der Waals surface area contributed by atoms with Gasteiger partial charge in [0.05, 0.1) is 0 Å². The van der Waals surface area contributed by atoms with Crippen LogP contribution >= 0.6 is 0 Å². The fraction of sp³-hybridized carbons (Fsp3) is 0.429. The molecule has 0 spiro atoms. The van der Waals surface area contributed by atoms with Crippen LogP contribution in [0.25, 0.3) is 0 Å². The van der Waals surface area contributed by atoms with Crippen molar-refractivity contribution in [1.82, 2.24) is 16.0 Å². The number of allylic oxidation sites excluding steroid dienone is 2. The summed E-state index contributed by atoms with van der Waals surface area (Å²) in [5.74, 6) is 1.01. The van der Waals surface area contributed by atoms with Crippen LogP contribution in [0.1, 0.15) is 128 Å². The Kier molecular flexibility index (Phi) is 19.4. The van der Waals surface area contributed by atoms with Crippen molar-refractivity contribution in [3.05, 3.63) is 105 Å². The van der Waals surface area contributed by atoms with Gasteiger partial charge in [-0.25, -0.2) is 0 Å². The van der Waals surface area contributed by atoms with Crippen molar-refractivity contribution < 1.29 is 83.7 Å². The summed E-state index contributed by atoms with van der Waals surface area (Å²) in [5, 5.41) is 9.62. The van der Waals surface area contributed by atoms with Crippen molar-refractivity contribution in [1.29, 1.82) is 0 Å². The van der Waals surface area contributed by atoms with Gasteiger partial charge in [0.1, 0.15) is 0 Å². The molecule has 3 N–H and O–H groups in total. The molecule has 5 nitrogen and oxygen atoms in total. The largest absolute Gasteiger partial charge is 2.00 e. The third kappa shape index (κ3) is 11.6. The Labute approximate surface area is 312 Å². The van der Waals surface area contributed by atoms with E-state index in [1.807, 2.05) is 30.4 Å². The molecule has 3 rings (SSSR count). The Morgan fingerprint density at radius 2 is 1.07 bits per heavy atom. The number of carbonyl (C=O) groups is 2. The second-order valence-corrected chi connectivity index (χ2v) is 11.8. The van der Waals surface area contributed by atoms with Gasteiger partial charge in [-0.15, -0.1) is 0 Å². The fourth-order valence-corrected chi connectivity index (χ4v) is 5.17. The van der Waals surface area contributed by atoms with E-state index in [9.17, 15) is 9.59 Å². The minimum atomic E-state index is -0.0365. The predicted octanol–water partition coefficient (Wildman–Crippen LogP) is 1.66. The molecule has 1 aliphatic rings. The van der Waals surface area contributed by atoms with Crippen LogP contribution in [0, 0.1) is 0 Å². The van der Waals surface area contributed by atoms with Crippen LogP contribution in [-0.2, 0) is 26.2 Å². The number of carbonyl (C=O) groups excluding carboxylic acids is 2. The zero-order valence-corrected chi connectivity index (χ0v) is 33.5. The van der Waals surface area contributed by atoms with Gasteiger partial charge < -0.3 is 63.9 Å². The summed E-state index contributed by atoms with van der Waals surface area (Å²) in [6.45, 7) is 17.8. The first-order valence-electron chi connectivity index (χ1n) is 14.7. The van der Waals surface area contributed by atoms with Crippen molar-refractivity contribution >= 4 is 11.8 Å². The molecule has 8 heteroatoms. The van der Waals surface area contributed by atoms with Crippen LogP contribution in [0.3, 0.4) is 0 Å². The Balaban J connectivity index is 0.00000588. The number of hydrogen-bond acceptors (Lipinski definition) is 3. The first-order valence-corrected chi connectivity index (χ1v) is 14.7. The molecule has 0 aromatic heterocycles. The van der Waals surface area contributed by atoms with E-state index >= 15 is 0 Å². The van der Waals surface area contributed by atoms with E-state index < -0.39 is 0 Å². The van der Waals surface area contributed by atoms with Crippen molar-refractivity contribution in [3.63, 3.8) is 0 Å². The van der Waals surface area contributed by atoms with Crippen LogP contribution in [-0.4, -0.2) is 24.9 Å². The summed E-state index contributed by atoms with van der Waals surface area (Å²) in [5.41, 5.74) is 7.88. The van der Waals surface area contributed by atoms with Crippen molar-refractivity contribution in [2.24, 2.45) is 0 Å². The monoisotopic (exact) mass is 885 g/mol. The van der Waals surface area contributed by atoms with Crippen LogP contribution < -0.4 is 63.9 Å². The first-order chi connectivity index (χ1) is 19.0. The predicted molar refractivity (Wildman–Crippen MR) is 167 cm³/mol. The standard InChI is InChI=1S/C35H47N3O2.2HI.Zr/c1-22(2)28-14-10-15-29(23(3)4)32(28)34(39)36-20-18-26-12-9-13-27(38-26)19-21-37-35(40)33-30(24(5)6)16-11-17-31(33)25(7)8;;;/h9-12,14-19,22-25,38H,13,20-21H2,1-8H3,(H,36,39)(H,37,40);2*1H;/q;;;+2/p-2. The molecule has 232 valence electrons. The van der Waals surface area contributed by atoms with Crippen LogP contribution in [0.15, 0.2) is 72.1 Å². The SMILES string of the molecule is CC(C)c1cccc(C(C)C)c1C(=O)NCC=C1C=CCC(=CCNC(=O)c2c(C(C)C)cccc2C(C)C)N1.[I-].[I-].[Zr+2]. The number of nitrogens with one attached hydrogen (secondary N) is 3. The molecule has 0 bridgehead atoms. The molecule has 0 saturated heterocycles. The van der Waals surface area contributed by atoms with E-state index in [1.54, 1.807) is 0 Å². The van der Waals surface area contributed by atoms with E-state index in [2.05, 4.69) is 102 Å². The molecule has 43 heavy (non-hydrogen) atoms. The van der Waals surface area contributed by atoms with Crippen molar-refractivity contribution in [3.8, 4) is 0 Å².